The highest BCUT2D eigenvalue weighted by molar-refractivity contribution is 14.0. The number of halogens is 1. The first-order valence-electron chi connectivity index (χ1n) is 5.72. The summed E-state index contributed by atoms with van der Waals surface area (Å²) >= 11 is 1.47. The maximum atomic E-state index is 5.66. The molecular formula is C13H18IN3OS. The third kappa shape index (κ3) is 4.04. The lowest BCUT2D eigenvalue weighted by Gasteiger charge is -2.01. The van der Waals surface area contributed by atoms with Gasteiger partial charge < -0.3 is 15.5 Å². The SMILES string of the molecule is COc1ccc2[nH]cc(CCN=C(N)SC)c2c1.I. The van der Waals surface area contributed by atoms with Crippen molar-refractivity contribution in [2.24, 2.45) is 10.7 Å². The number of benzene rings is 1. The summed E-state index contributed by atoms with van der Waals surface area (Å²) in [6.07, 6.45) is 4.82. The average molecular weight is 391 g/mol. The van der Waals surface area contributed by atoms with E-state index < -0.39 is 0 Å². The van der Waals surface area contributed by atoms with Crippen molar-refractivity contribution in [2.75, 3.05) is 19.9 Å². The minimum absolute atomic E-state index is 0. The molecule has 0 aliphatic carbocycles. The molecule has 19 heavy (non-hydrogen) atoms. The molecule has 0 unspecified atom stereocenters. The Labute approximate surface area is 134 Å². The van der Waals surface area contributed by atoms with Crippen LogP contribution in [-0.2, 0) is 6.42 Å². The van der Waals surface area contributed by atoms with Gasteiger partial charge >= 0.3 is 0 Å². The van der Waals surface area contributed by atoms with Crippen molar-refractivity contribution < 1.29 is 4.74 Å². The molecule has 6 heteroatoms. The first-order valence-corrected chi connectivity index (χ1v) is 6.95. The molecule has 3 N–H and O–H groups in total. The summed E-state index contributed by atoms with van der Waals surface area (Å²) in [5.74, 6) is 0.871. The second-order valence-corrected chi connectivity index (χ2v) is 4.73. The summed E-state index contributed by atoms with van der Waals surface area (Å²) in [7, 11) is 1.68. The van der Waals surface area contributed by atoms with Crippen LogP contribution in [0.25, 0.3) is 10.9 Å². The fourth-order valence-corrected chi connectivity index (χ4v) is 2.06. The number of rotatable bonds is 4. The van der Waals surface area contributed by atoms with Crippen molar-refractivity contribution in [2.45, 2.75) is 6.42 Å². The Hall–Kier alpha value is -0.890. The van der Waals surface area contributed by atoms with E-state index >= 15 is 0 Å². The maximum absolute atomic E-state index is 5.66. The average Bonchev–Trinajstić information content (AvgIpc) is 2.81. The number of nitrogens with two attached hydrogens (primary N) is 1. The van der Waals surface area contributed by atoms with Crippen molar-refractivity contribution >= 4 is 51.8 Å². The maximum Gasteiger partial charge on any atom is 0.153 e. The number of hydrogen-bond donors (Lipinski definition) is 2. The molecule has 0 amide bonds. The van der Waals surface area contributed by atoms with Crippen LogP contribution in [0.4, 0.5) is 0 Å². The molecule has 0 fully saturated rings. The van der Waals surface area contributed by atoms with Crippen molar-refractivity contribution in [1.82, 2.24) is 4.98 Å². The van der Waals surface area contributed by atoms with E-state index in [0.29, 0.717) is 11.7 Å². The lowest BCUT2D eigenvalue weighted by Crippen LogP contribution is -2.06. The van der Waals surface area contributed by atoms with Crippen LogP contribution in [0.3, 0.4) is 0 Å². The minimum atomic E-state index is 0. The van der Waals surface area contributed by atoms with Crippen LogP contribution in [0.1, 0.15) is 5.56 Å². The fraction of sp³-hybridized carbons (Fsp3) is 0.308. The molecule has 0 aliphatic rings. The van der Waals surface area contributed by atoms with Gasteiger partial charge in [0.25, 0.3) is 0 Å². The largest absolute Gasteiger partial charge is 0.497 e. The van der Waals surface area contributed by atoms with Crippen LogP contribution in [0, 0.1) is 0 Å². The van der Waals surface area contributed by atoms with Crippen molar-refractivity contribution in [3.8, 4) is 5.75 Å². The van der Waals surface area contributed by atoms with E-state index in [1.807, 2.05) is 30.7 Å². The predicted molar refractivity (Wildman–Crippen MR) is 94.0 cm³/mol. The number of aromatic amines is 1. The topological polar surface area (TPSA) is 63.4 Å². The molecule has 1 aromatic carbocycles. The Balaban J connectivity index is 0.00000180. The molecule has 0 saturated carbocycles. The van der Waals surface area contributed by atoms with Gasteiger partial charge in [0.2, 0.25) is 0 Å². The van der Waals surface area contributed by atoms with Gasteiger partial charge in [-0.25, -0.2) is 0 Å². The lowest BCUT2D eigenvalue weighted by atomic mass is 10.1. The number of nitrogens with one attached hydrogen (secondary N) is 1. The molecule has 1 aromatic heterocycles. The number of ether oxygens (including phenoxy) is 1. The van der Waals surface area contributed by atoms with Crippen LogP contribution in [0.5, 0.6) is 5.75 Å². The molecule has 0 radical (unpaired) electrons. The molecule has 4 nitrogen and oxygen atoms in total. The van der Waals surface area contributed by atoms with E-state index in [-0.39, 0.29) is 24.0 Å². The lowest BCUT2D eigenvalue weighted by molar-refractivity contribution is 0.415. The number of methoxy groups -OCH3 is 1. The monoisotopic (exact) mass is 391 g/mol. The van der Waals surface area contributed by atoms with E-state index in [0.717, 1.165) is 17.7 Å². The summed E-state index contributed by atoms with van der Waals surface area (Å²) in [6, 6.07) is 6.02. The Bertz CT molecular complexity index is 568. The molecule has 104 valence electrons. The second kappa shape index (κ2) is 7.64. The van der Waals surface area contributed by atoms with Gasteiger partial charge in [-0.05, 0) is 36.4 Å². The normalized spacial score (nSPS) is 11.4. The molecule has 0 spiro atoms. The number of aromatic nitrogens is 1. The number of aliphatic imine (C=N–C) groups is 1. The van der Waals surface area contributed by atoms with Crippen LogP contribution in [-0.4, -0.2) is 30.1 Å². The molecule has 0 bridgehead atoms. The van der Waals surface area contributed by atoms with Gasteiger partial charge in [0.1, 0.15) is 5.75 Å². The van der Waals surface area contributed by atoms with E-state index in [9.17, 15) is 0 Å². The van der Waals surface area contributed by atoms with Crippen LogP contribution < -0.4 is 10.5 Å². The van der Waals surface area contributed by atoms with Gasteiger partial charge in [0.05, 0.1) is 7.11 Å². The number of fused-ring (bicyclic) bond motifs is 1. The van der Waals surface area contributed by atoms with Gasteiger partial charge in [-0.3, -0.25) is 4.99 Å². The van der Waals surface area contributed by atoms with E-state index in [4.69, 9.17) is 10.5 Å². The molecule has 2 rings (SSSR count). The summed E-state index contributed by atoms with van der Waals surface area (Å²) in [4.78, 5) is 7.53. The zero-order valence-corrected chi connectivity index (χ0v) is 14.1. The number of amidine groups is 1. The Kier molecular flexibility index (Phi) is 6.50. The zero-order chi connectivity index (χ0) is 13.0. The molecular weight excluding hydrogens is 373 g/mol. The summed E-state index contributed by atoms with van der Waals surface area (Å²) < 4.78 is 5.24. The third-order valence-corrected chi connectivity index (χ3v) is 3.38. The van der Waals surface area contributed by atoms with Gasteiger partial charge in [0, 0.05) is 23.6 Å². The van der Waals surface area contributed by atoms with Crippen molar-refractivity contribution in [3.05, 3.63) is 30.0 Å². The summed E-state index contributed by atoms with van der Waals surface area (Å²) in [6.45, 7) is 0.705. The highest BCUT2D eigenvalue weighted by Gasteiger charge is 2.04. The smallest absolute Gasteiger partial charge is 0.153 e. The summed E-state index contributed by atoms with van der Waals surface area (Å²) in [5, 5.41) is 1.82. The second-order valence-electron chi connectivity index (χ2n) is 3.90. The quantitative estimate of drug-likeness (QED) is 0.479. The Morgan fingerprint density at radius 1 is 1.47 bits per heavy atom. The van der Waals surface area contributed by atoms with Crippen LogP contribution in [0.15, 0.2) is 29.4 Å². The van der Waals surface area contributed by atoms with Crippen molar-refractivity contribution in [3.63, 3.8) is 0 Å². The first kappa shape index (κ1) is 16.2. The summed E-state index contributed by atoms with van der Waals surface area (Å²) in [5.41, 5.74) is 8.01. The van der Waals surface area contributed by atoms with E-state index in [1.54, 1.807) is 7.11 Å². The van der Waals surface area contributed by atoms with Gasteiger partial charge in [-0.2, -0.15) is 0 Å². The number of H-pyrrole nitrogens is 1. The van der Waals surface area contributed by atoms with Crippen LogP contribution >= 0.6 is 35.7 Å². The zero-order valence-electron chi connectivity index (χ0n) is 11.0. The predicted octanol–water partition coefficient (Wildman–Crippen LogP) is 3.01. The van der Waals surface area contributed by atoms with E-state index in [1.165, 1.54) is 22.7 Å². The molecule has 0 aliphatic heterocycles. The minimum Gasteiger partial charge on any atom is -0.497 e. The highest BCUT2D eigenvalue weighted by Crippen LogP contribution is 2.23. The first-order chi connectivity index (χ1) is 8.74. The standard InChI is InChI=1S/C13H17N3OS.HI/c1-17-10-3-4-12-11(7-10)9(8-16-12)5-6-15-13(14)18-2;/h3-4,7-8,16H,5-6H2,1-2H3,(H2,14,15);1H. The van der Waals surface area contributed by atoms with Crippen LogP contribution in [0.2, 0.25) is 0 Å². The number of thioether (sulfide) groups is 1. The molecule has 0 saturated heterocycles. The third-order valence-electron chi connectivity index (χ3n) is 2.83. The number of hydrogen-bond acceptors (Lipinski definition) is 3. The van der Waals surface area contributed by atoms with Gasteiger partial charge in [-0.15, -0.1) is 24.0 Å². The Morgan fingerprint density at radius 3 is 2.95 bits per heavy atom. The number of nitrogens with zero attached hydrogens (tertiary/aromatic N) is 1. The molecule has 1 heterocycles. The van der Waals surface area contributed by atoms with Crippen molar-refractivity contribution in [1.29, 1.82) is 0 Å². The van der Waals surface area contributed by atoms with E-state index in [2.05, 4.69) is 9.98 Å². The molecule has 0 atom stereocenters. The van der Waals surface area contributed by atoms with Gasteiger partial charge in [-0.1, -0.05) is 11.8 Å². The Morgan fingerprint density at radius 2 is 2.26 bits per heavy atom. The fourth-order valence-electron chi connectivity index (χ4n) is 1.84. The highest BCUT2D eigenvalue weighted by atomic mass is 127. The molecule has 2 aromatic rings. The van der Waals surface area contributed by atoms with Gasteiger partial charge in [0.15, 0.2) is 5.17 Å².